The van der Waals surface area contributed by atoms with Gasteiger partial charge in [0, 0.05) is 22.5 Å². The Hall–Kier alpha value is -6.18. The predicted molar refractivity (Wildman–Crippen MR) is 213 cm³/mol. The second-order valence-corrected chi connectivity index (χ2v) is 12.8. The molecule has 50 heavy (non-hydrogen) atoms. The van der Waals surface area contributed by atoms with Crippen molar-refractivity contribution in [2.75, 3.05) is 4.90 Å². The maximum Gasteiger partial charge on any atom is 0.0651 e. The van der Waals surface area contributed by atoms with E-state index in [0.717, 1.165) is 38.6 Å². The molecule has 0 amide bonds. The number of hydrogen-bond donors (Lipinski definition) is 0. The van der Waals surface area contributed by atoms with Crippen molar-refractivity contribution < 1.29 is 17.8 Å². The predicted octanol–water partition coefficient (Wildman–Crippen LogP) is 13.6. The second kappa shape index (κ2) is 12.1. The first-order valence-electron chi connectivity index (χ1n) is 22.9. The Bertz CT molecular complexity index is 3190. The zero-order valence-corrected chi connectivity index (χ0v) is 27.3. The summed E-state index contributed by atoms with van der Waals surface area (Å²) in [6, 6.07) is 26.2. The van der Waals surface area contributed by atoms with E-state index in [1.54, 1.807) is 24.3 Å². The number of fused-ring (bicyclic) bond motifs is 4. The Morgan fingerprint density at radius 2 is 1.10 bits per heavy atom. The van der Waals surface area contributed by atoms with Crippen molar-refractivity contribution in [1.29, 1.82) is 0 Å². The van der Waals surface area contributed by atoms with Crippen LogP contribution in [0.4, 0.5) is 17.1 Å². The molecule has 1 heteroatoms. The fraction of sp³-hybridized carbons (Fsp3) is 0.0612. The van der Waals surface area contributed by atoms with Crippen molar-refractivity contribution in [2.45, 2.75) is 19.3 Å². The van der Waals surface area contributed by atoms with Crippen molar-refractivity contribution >= 4 is 27.8 Å². The van der Waals surface area contributed by atoms with Crippen molar-refractivity contribution in [3.05, 3.63) is 199 Å². The monoisotopic (exact) mass is 652 g/mol. The van der Waals surface area contributed by atoms with Crippen LogP contribution in [-0.2, 0) is 5.41 Å². The lowest BCUT2D eigenvalue weighted by atomic mass is 9.79. The van der Waals surface area contributed by atoms with Crippen LogP contribution >= 0.6 is 0 Å². The third-order valence-corrected chi connectivity index (χ3v) is 9.48. The molecule has 1 nitrogen and oxygen atoms in total. The minimum atomic E-state index is -0.719. The van der Waals surface area contributed by atoms with E-state index < -0.39 is 83.3 Å². The molecular formula is C49H37N. The van der Waals surface area contributed by atoms with Gasteiger partial charge >= 0.3 is 0 Å². The minimum Gasteiger partial charge on any atom is -0.310 e. The van der Waals surface area contributed by atoms with E-state index in [9.17, 15) is 8.22 Å². The van der Waals surface area contributed by atoms with Gasteiger partial charge in [0.05, 0.1) is 17.8 Å². The molecule has 0 aliphatic heterocycles. The Balaban J connectivity index is 1.31. The molecule has 8 aromatic rings. The van der Waals surface area contributed by atoms with Crippen LogP contribution < -0.4 is 4.90 Å². The van der Waals surface area contributed by atoms with Gasteiger partial charge in [-0.1, -0.05) is 159 Å². The highest BCUT2D eigenvalue weighted by Gasteiger charge is 2.37. The first-order valence-corrected chi connectivity index (χ1v) is 16.4. The van der Waals surface area contributed by atoms with Crippen LogP contribution in [0.5, 0.6) is 0 Å². The fourth-order valence-corrected chi connectivity index (χ4v) is 7.10. The molecule has 8 aromatic carbocycles. The zero-order chi connectivity index (χ0) is 45.0. The molecule has 0 saturated carbocycles. The SMILES string of the molecule is [2H]c1c([2H])c([2H])c(-c2c([2H])c([2H])c(N(c3ccc(-c4cccc5c4C(C)(C)c4ccccc4-5)cc3)c3c([2H])c([2H])c([2H])c(-c4ccc5ccccc5c4)c3[2H])c([2H])c2[2H])c([2H])c1[2H]. The highest BCUT2D eigenvalue weighted by Crippen LogP contribution is 2.52. The number of rotatable bonds is 6. The van der Waals surface area contributed by atoms with Gasteiger partial charge in [0.1, 0.15) is 0 Å². The molecule has 0 aromatic heterocycles. The van der Waals surface area contributed by atoms with Gasteiger partial charge in [-0.2, -0.15) is 0 Å². The largest absolute Gasteiger partial charge is 0.310 e. The normalized spacial score (nSPS) is 16.4. The van der Waals surface area contributed by atoms with Gasteiger partial charge < -0.3 is 4.90 Å². The van der Waals surface area contributed by atoms with Gasteiger partial charge in [0.2, 0.25) is 0 Å². The lowest BCUT2D eigenvalue weighted by molar-refractivity contribution is 0.662. The average molecular weight is 653 g/mol. The Labute approximate surface area is 313 Å². The van der Waals surface area contributed by atoms with Crippen LogP contribution in [0.15, 0.2) is 188 Å². The van der Waals surface area contributed by atoms with E-state index in [0.29, 0.717) is 5.56 Å². The first kappa shape index (κ1) is 19.1. The number of anilines is 3. The van der Waals surface area contributed by atoms with Gasteiger partial charge in [0.25, 0.3) is 0 Å². The van der Waals surface area contributed by atoms with E-state index in [2.05, 4.69) is 32.0 Å². The molecule has 1 aliphatic rings. The van der Waals surface area contributed by atoms with Crippen molar-refractivity contribution in [3.63, 3.8) is 0 Å². The number of nitrogens with zero attached hydrogens (tertiary/aromatic N) is 1. The Morgan fingerprint density at radius 3 is 1.92 bits per heavy atom. The summed E-state index contributed by atoms with van der Waals surface area (Å²) in [7, 11) is 0. The van der Waals surface area contributed by atoms with Crippen LogP contribution in [0.3, 0.4) is 0 Å². The highest BCUT2D eigenvalue weighted by atomic mass is 15.1. The van der Waals surface area contributed by atoms with Crippen molar-refractivity contribution in [1.82, 2.24) is 0 Å². The van der Waals surface area contributed by atoms with Gasteiger partial charge in [-0.3, -0.25) is 0 Å². The molecule has 0 fully saturated rings. The van der Waals surface area contributed by atoms with E-state index in [4.69, 9.17) is 9.60 Å². The lowest BCUT2D eigenvalue weighted by Gasteiger charge is -2.27. The zero-order valence-electron chi connectivity index (χ0n) is 40.3. The van der Waals surface area contributed by atoms with Gasteiger partial charge in [-0.15, -0.1) is 0 Å². The maximum absolute atomic E-state index is 9.73. The molecule has 9 rings (SSSR count). The summed E-state index contributed by atoms with van der Waals surface area (Å²) in [6.45, 7) is 4.36. The molecule has 0 radical (unpaired) electrons. The van der Waals surface area contributed by atoms with Crippen LogP contribution in [-0.4, -0.2) is 0 Å². The molecule has 0 N–H and O–H groups in total. The molecule has 0 spiro atoms. The van der Waals surface area contributed by atoms with Crippen LogP contribution in [0.1, 0.15) is 42.8 Å². The molecule has 0 unspecified atom stereocenters. The lowest BCUT2D eigenvalue weighted by Crippen LogP contribution is -2.16. The number of benzene rings is 8. The third kappa shape index (κ3) is 5.11. The smallest absolute Gasteiger partial charge is 0.0651 e. The molecule has 0 heterocycles. The van der Waals surface area contributed by atoms with E-state index in [-0.39, 0.29) is 34.4 Å². The van der Waals surface area contributed by atoms with E-state index in [1.165, 1.54) is 10.5 Å². The Morgan fingerprint density at radius 1 is 0.440 bits per heavy atom. The molecule has 0 bridgehead atoms. The minimum absolute atomic E-state index is 0.0195. The van der Waals surface area contributed by atoms with Crippen LogP contribution in [0.2, 0.25) is 0 Å². The molecule has 0 atom stereocenters. The summed E-state index contributed by atoms with van der Waals surface area (Å²) in [4.78, 5) is 1.23. The first-order chi connectivity index (χ1) is 30.0. The van der Waals surface area contributed by atoms with Gasteiger partial charge in [-0.25, -0.2) is 0 Å². The molecule has 0 saturated heterocycles. The summed E-state index contributed by atoms with van der Waals surface area (Å²) in [5.41, 5.74) is 4.99. The third-order valence-electron chi connectivity index (χ3n) is 9.48. The van der Waals surface area contributed by atoms with E-state index in [1.807, 2.05) is 66.7 Å². The van der Waals surface area contributed by atoms with Gasteiger partial charge in [-0.05, 0) is 109 Å². The summed E-state index contributed by atoms with van der Waals surface area (Å²) in [5, 5.41) is 1.72. The molecular weight excluding hydrogens is 603 g/mol. The summed E-state index contributed by atoms with van der Waals surface area (Å²) < 4.78 is 116. The van der Waals surface area contributed by atoms with Crippen LogP contribution in [0, 0.1) is 0 Å². The summed E-state index contributed by atoms with van der Waals surface area (Å²) in [5.74, 6) is 0. The van der Waals surface area contributed by atoms with Crippen molar-refractivity contribution in [2.24, 2.45) is 0 Å². The standard InChI is InChI=1S/C49H37N/c1-49(2)47-21-9-8-18-45(47)46-20-11-19-44(48(46)49)37-26-30-42(31-27-37)50(41-28-24-36(25-29-41)34-12-4-3-5-13-34)43-17-10-16-39(33-43)40-23-22-35-14-6-7-15-38(35)32-40/h3-33H,1-2H3/i3D,4D,5D,10D,12D,13D,16D,17D,24D,25D,28D,29D,33D. The summed E-state index contributed by atoms with van der Waals surface area (Å²) in [6.07, 6.45) is 0. The Kier molecular flexibility index (Phi) is 4.61. The average Bonchev–Trinajstić information content (AvgIpc) is 3.52. The maximum atomic E-state index is 9.73. The fourth-order valence-electron chi connectivity index (χ4n) is 7.10. The van der Waals surface area contributed by atoms with E-state index >= 15 is 0 Å². The quantitative estimate of drug-likeness (QED) is 0.173. The second-order valence-electron chi connectivity index (χ2n) is 12.8. The molecule has 238 valence electrons. The van der Waals surface area contributed by atoms with Crippen molar-refractivity contribution in [3.8, 4) is 44.5 Å². The summed E-state index contributed by atoms with van der Waals surface area (Å²) >= 11 is 0. The van der Waals surface area contributed by atoms with Gasteiger partial charge in [0.15, 0.2) is 0 Å². The number of hydrogen-bond acceptors (Lipinski definition) is 1. The molecule has 1 aliphatic carbocycles. The topological polar surface area (TPSA) is 3.24 Å². The van der Waals surface area contributed by atoms with Crippen LogP contribution in [0.25, 0.3) is 55.3 Å². The highest BCUT2D eigenvalue weighted by molar-refractivity contribution is 5.90.